The highest BCUT2D eigenvalue weighted by molar-refractivity contribution is 5.92. The summed E-state index contributed by atoms with van der Waals surface area (Å²) in [5.41, 5.74) is 2.13. The SMILES string of the molecule is O=C(N[C@H]1C[C@H](c2nnc(C(O)c3ccncc3)o2)C1)c1cc(-c2ccccc2)no1. The van der Waals surface area contributed by atoms with Crippen LogP contribution < -0.4 is 5.32 Å². The number of nitrogens with one attached hydrogen (secondary N) is 1. The van der Waals surface area contributed by atoms with E-state index in [0.717, 1.165) is 5.56 Å². The van der Waals surface area contributed by atoms with E-state index in [1.807, 2.05) is 30.3 Å². The zero-order chi connectivity index (χ0) is 21.2. The van der Waals surface area contributed by atoms with Crippen molar-refractivity contribution in [2.45, 2.75) is 30.9 Å². The van der Waals surface area contributed by atoms with Gasteiger partial charge < -0.3 is 19.4 Å². The lowest BCUT2D eigenvalue weighted by Gasteiger charge is -2.33. The van der Waals surface area contributed by atoms with Crippen molar-refractivity contribution in [1.29, 1.82) is 0 Å². The molecule has 0 saturated heterocycles. The fraction of sp³-hybridized carbons (Fsp3) is 0.227. The molecule has 0 bridgehead atoms. The van der Waals surface area contributed by atoms with Gasteiger partial charge in [-0.05, 0) is 30.5 Å². The Bertz CT molecular complexity index is 1170. The molecule has 3 heterocycles. The van der Waals surface area contributed by atoms with Crippen molar-refractivity contribution in [1.82, 2.24) is 25.7 Å². The Hall–Kier alpha value is -3.85. The van der Waals surface area contributed by atoms with Crippen LogP contribution in [0.15, 0.2) is 69.9 Å². The fourth-order valence-corrected chi connectivity index (χ4v) is 3.53. The molecule has 1 fully saturated rings. The summed E-state index contributed by atoms with van der Waals surface area (Å²) in [6.07, 6.45) is 3.51. The topological polar surface area (TPSA) is 127 Å². The molecule has 1 atom stereocenters. The Morgan fingerprint density at radius 3 is 2.65 bits per heavy atom. The summed E-state index contributed by atoms with van der Waals surface area (Å²) in [4.78, 5) is 16.4. The average molecular weight is 417 g/mol. The number of hydrogen-bond acceptors (Lipinski definition) is 8. The molecule has 1 aliphatic carbocycles. The molecule has 0 spiro atoms. The van der Waals surface area contributed by atoms with Crippen LogP contribution in [0.25, 0.3) is 11.3 Å². The normalized spacial score (nSPS) is 18.9. The number of hydrogen-bond donors (Lipinski definition) is 2. The molecule has 2 N–H and O–H groups in total. The highest BCUT2D eigenvalue weighted by Crippen LogP contribution is 2.37. The van der Waals surface area contributed by atoms with E-state index in [0.29, 0.717) is 30.0 Å². The molecule has 1 aromatic carbocycles. The highest BCUT2D eigenvalue weighted by atomic mass is 16.5. The number of amides is 1. The minimum Gasteiger partial charge on any atom is -0.422 e. The Labute approximate surface area is 177 Å². The summed E-state index contributed by atoms with van der Waals surface area (Å²) in [5, 5.41) is 25.3. The maximum Gasteiger partial charge on any atom is 0.290 e. The Kier molecular flexibility index (Phi) is 5.01. The molecule has 3 aromatic heterocycles. The first-order valence-electron chi connectivity index (χ1n) is 9.91. The van der Waals surface area contributed by atoms with Crippen LogP contribution in [0.3, 0.4) is 0 Å². The fourth-order valence-electron chi connectivity index (χ4n) is 3.53. The van der Waals surface area contributed by atoms with Gasteiger partial charge in [0.15, 0.2) is 6.10 Å². The molecule has 9 nitrogen and oxygen atoms in total. The lowest BCUT2D eigenvalue weighted by molar-refractivity contribution is 0.0864. The zero-order valence-corrected chi connectivity index (χ0v) is 16.4. The van der Waals surface area contributed by atoms with Crippen molar-refractivity contribution in [2.24, 2.45) is 0 Å². The third kappa shape index (κ3) is 3.95. The molecule has 4 aromatic rings. The average Bonchev–Trinajstić information content (AvgIpc) is 3.47. The van der Waals surface area contributed by atoms with E-state index in [9.17, 15) is 9.90 Å². The van der Waals surface area contributed by atoms with Gasteiger partial charge in [0.05, 0.1) is 0 Å². The highest BCUT2D eigenvalue weighted by Gasteiger charge is 2.36. The van der Waals surface area contributed by atoms with Gasteiger partial charge >= 0.3 is 0 Å². The third-order valence-corrected chi connectivity index (χ3v) is 5.34. The Morgan fingerprint density at radius 1 is 1.10 bits per heavy atom. The number of aliphatic hydroxyl groups excluding tert-OH is 1. The minimum absolute atomic E-state index is 0.0248. The number of benzene rings is 1. The Morgan fingerprint density at radius 2 is 1.87 bits per heavy atom. The molecule has 1 saturated carbocycles. The van der Waals surface area contributed by atoms with Crippen LogP contribution in [0.4, 0.5) is 0 Å². The Balaban J connectivity index is 1.16. The number of carbonyl (C=O) groups is 1. The van der Waals surface area contributed by atoms with Gasteiger partial charge in [0.25, 0.3) is 5.91 Å². The first-order valence-corrected chi connectivity index (χ1v) is 9.91. The van der Waals surface area contributed by atoms with Crippen LogP contribution in [0, 0.1) is 0 Å². The number of aliphatic hydroxyl groups is 1. The second-order valence-electron chi connectivity index (χ2n) is 7.44. The van der Waals surface area contributed by atoms with Crippen LogP contribution in [0.2, 0.25) is 0 Å². The molecular weight excluding hydrogens is 398 g/mol. The molecule has 5 rings (SSSR count). The van der Waals surface area contributed by atoms with Crippen molar-refractivity contribution in [2.75, 3.05) is 0 Å². The molecule has 0 radical (unpaired) electrons. The summed E-state index contributed by atoms with van der Waals surface area (Å²) in [6.45, 7) is 0. The molecule has 0 aliphatic heterocycles. The first kappa shape index (κ1) is 19.1. The third-order valence-electron chi connectivity index (χ3n) is 5.34. The van der Waals surface area contributed by atoms with E-state index in [1.54, 1.807) is 30.6 Å². The standard InChI is InChI=1S/C22H19N5O4/c28-19(14-6-8-23-9-7-14)22-26-25-21(30-22)15-10-16(11-15)24-20(29)18-12-17(27-31-18)13-4-2-1-3-5-13/h1-9,12,15-16,19,28H,10-11H2,(H,24,29)/t15-,16-,19?. The van der Waals surface area contributed by atoms with Crippen LogP contribution in [0.1, 0.15) is 52.8 Å². The quantitative estimate of drug-likeness (QED) is 0.490. The second kappa shape index (κ2) is 8.11. The van der Waals surface area contributed by atoms with Gasteiger partial charge in [-0.1, -0.05) is 35.5 Å². The van der Waals surface area contributed by atoms with Crippen molar-refractivity contribution < 1.29 is 18.8 Å². The van der Waals surface area contributed by atoms with Crippen LogP contribution in [0.5, 0.6) is 0 Å². The monoisotopic (exact) mass is 417 g/mol. The van der Waals surface area contributed by atoms with Crippen molar-refractivity contribution >= 4 is 5.91 Å². The van der Waals surface area contributed by atoms with Gasteiger partial charge in [0.2, 0.25) is 17.5 Å². The van der Waals surface area contributed by atoms with Crippen LogP contribution in [-0.4, -0.2) is 37.4 Å². The van der Waals surface area contributed by atoms with E-state index < -0.39 is 6.10 Å². The first-order chi connectivity index (χ1) is 15.2. The number of carbonyl (C=O) groups excluding carboxylic acids is 1. The summed E-state index contributed by atoms with van der Waals surface area (Å²) >= 11 is 0. The van der Waals surface area contributed by atoms with Crippen LogP contribution in [-0.2, 0) is 0 Å². The van der Waals surface area contributed by atoms with E-state index in [1.165, 1.54) is 0 Å². The van der Waals surface area contributed by atoms with Gasteiger partial charge in [0, 0.05) is 36.0 Å². The zero-order valence-electron chi connectivity index (χ0n) is 16.4. The van der Waals surface area contributed by atoms with E-state index >= 15 is 0 Å². The van der Waals surface area contributed by atoms with Crippen molar-refractivity contribution in [3.8, 4) is 11.3 Å². The minimum atomic E-state index is -0.995. The molecule has 31 heavy (non-hydrogen) atoms. The van der Waals surface area contributed by atoms with Gasteiger partial charge in [0.1, 0.15) is 5.69 Å². The molecule has 1 amide bonds. The predicted molar refractivity (Wildman–Crippen MR) is 108 cm³/mol. The van der Waals surface area contributed by atoms with E-state index in [-0.39, 0.29) is 29.5 Å². The smallest absolute Gasteiger partial charge is 0.290 e. The maximum absolute atomic E-state index is 12.5. The maximum atomic E-state index is 12.5. The molecule has 9 heteroatoms. The summed E-state index contributed by atoms with van der Waals surface area (Å²) in [5.74, 6) is 0.495. The van der Waals surface area contributed by atoms with Crippen LogP contribution >= 0.6 is 0 Å². The predicted octanol–water partition coefficient (Wildman–Crippen LogP) is 2.88. The van der Waals surface area contributed by atoms with E-state index in [4.69, 9.17) is 8.94 Å². The number of rotatable bonds is 6. The van der Waals surface area contributed by atoms with Gasteiger partial charge in [-0.15, -0.1) is 10.2 Å². The van der Waals surface area contributed by atoms with E-state index in [2.05, 4.69) is 25.7 Å². The second-order valence-corrected chi connectivity index (χ2v) is 7.44. The largest absolute Gasteiger partial charge is 0.422 e. The molecular formula is C22H19N5O4. The summed E-state index contributed by atoms with van der Waals surface area (Å²) < 4.78 is 10.9. The number of nitrogens with zero attached hydrogens (tertiary/aromatic N) is 4. The lowest BCUT2D eigenvalue weighted by atomic mass is 9.80. The molecule has 1 unspecified atom stereocenters. The van der Waals surface area contributed by atoms with Gasteiger partial charge in [-0.3, -0.25) is 9.78 Å². The number of pyridine rings is 1. The molecule has 1 aliphatic rings. The summed E-state index contributed by atoms with van der Waals surface area (Å²) in [6, 6.07) is 14.5. The van der Waals surface area contributed by atoms with Gasteiger partial charge in [-0.2, -0.15) is 0 Å². The summed E-state index contributed by atoms with van der Waals surface area (Å²) in [7, 11) is 0. The lowest BCUT2D eigenvalue weighted by Crippen LogP contribution is -2.43. The number of aromatic nitrogens is 4. The molecule has 156 valence electrons. The van der Waals surface area contributed by atoms with Gasteiger partial charge in [-0.25, -0.2) is 0 Å². The van der Waals surface area contributed by atoms with Crippen molar-refractivity contribution in [3.63, 3.8) is 0 Å². The van der Waals surface area contributed by atoms with Crippen molar-refractivity contribution in [3.05, 3.63) is 84.0 Å².